The molecule has 8 nitrogen and oxygen atoms in total. The van der Waals surface area contributed by atoms with Gasteiger partial charge in [-0.3, -0.25) is 19.1 Å². The van der Waals surface area contributed by atoms with Crippen LogP contribution in [-0.4, -0.2) is 57.4 Å². The largest absolute Gasteiger partial charge is 0.573 e. The molecule has 1 aliphatic rings. The Morgan fingerprint density at radius 1 is 1.06 bits per heavy atom. The number of rotatable bonds is 5. The highest BCUT2D eigenvalue weighted by molar-refractivity contribution is 5.91. The van der Waals surface area contributed by atoms with Crippen molar-refractivity contribution in [2.24, 2.45) is 14.1 Å². The van der Waals surface area contributed by atoms with Gasteiger partial charge >= 0.3 is 12.1 Å². The maximum Gasteiger partial charge on any atom is 0.573 e. The van der Waals surface area contributed by atoms with Crippen LogP contribution in [-0.2, 0) is 25.4 Å². The molecule has 0 atom stereocenters. The number of nitrogens with zero attached hydrogens (tertiary/aromatic N) is 4. The highest BCUT2D eigenvalue weighted by atomic mass is 19.4. The van der Waals surface area contributed by atoms with Gasteiger partial charge in [0.05, 0.1) is 5.56 Å². The van der Waals surface area contributed by atoms with Gasteiger partial charge in [-0.05, 0) is 23.8 Å². The number of ether oxygens (including phenoxy) is 1. The zero-order valence-corrected chi connectivity index (χ0v) is 17.6. The minimum absolute atomic E-state index is 0.236. The molecule has 1 fully saturated rings. The van der Waals surface area contributed by atoms with Crippen LogP contribution < -0.4 is 16.0 Å². The first-order chi connectivity index (χ1) is 15.0. The number of aromatic nitrogens is 2. The zero-order chi connectivity index (χ0) is 23.5. The Hall–Kier alpha value is -3.34. The van der Waals surface area contributed by atoms with Gasteiger partial charge in [0.15, 0.2) is 0 Å². The molecule has 0 radical (unpaired) electrons. The Bertz CT molecular complexity index is 1110. The standard InChI is InChI=1S/C21H23F3N4O4/c1-25-14-16(19(30)26(2)20(25)31)5-8-18(29)28-11-9-27(10-12-28)13-15-3-6-17(7-4-15)32-21(22,23)24/h3-8,14H,9-13H2,1-2H3/b8-5+. The topological polar surface area (TPSA) is 76.8 Å². The molecule has 1 aromatic carbocycles. The van der Waals surface area contributed by atoms with Gasteiger partial charge in [0.25, 0.3) is 5.56 Å². The molecule has 1 amide bonds. The predicted octanol–water partition coefficient (Wildman–Crippen LogP) is 1.34. The van der Waals surface area contributed by atoms with Crippen LogP contribution in [0.1, 0.15) is 11.1 Å². The van der Waals surface area contributed by atoms with Crippen LogP contribution >= 0.6 is 0 Å². The summed E-state index contributed by atoms with van der Waals surface area (Å²) in [5, 5.41) is 0. The Labute approximate surface area is 181 Å². The molecule has 2 heterocycles. The summed E-state index contributed by atoms with van der Waals surface area (Å²) < 4.78 is 42.8. The maximum absolute atomic E-state index is 12.5. The number of aryl methyl sites for hydroxylation is 1. The van der Waals surface area contributed by atoms with Crippen molar-refractivity contribution in [1.29, 1.82) is 0 Å². The second kappa shape index (κ2) is 9.43. The third-order valence-corrected chi connectivity index (χ3v) is 5.13. The molecular weight excluding hydrogens is 429 g/mol. The number of benzene rings is 1. The van der Waals surface area contributed by atoms with Crippen molar-refractivity contribution in [3.05, 3.63) is 68.5 Å². The van der Waals surface area contributed by atoms with Crippen LogP contribution in [0.15, 0.2) is 46.1 Å². The molecule has 0 bridgehead atoms. The molecule has 32 heavy (non-hydrogen) atoms. The molecule has 0 spiro atoms. The van der Waals surface area contributed by atoms with E-state index in [1.54, 1.807) is 17.0 Å². The fourth-order valence-electron chi connectivity index (χ4n) is 3.40. The lowest BCUT2D eigenvalue weighted by Crippen LogP contribution is -2.47. The molecule has 0 saturated carbocycles. The van der Waals surface area contributed by atoms with E-state index in [0.29, 0.717) is 32.7 Å². The number of carbonyl (C=O) groups excluding carboxylic acids is 1. The third-order valence-electron chi connectivity index (χ3n) is 5.13. The number of carbonyl (C=O) groups is 1. The summed E-state index contributed by atoms with van der Waals surface area (Å²) in [6, 6.07) is 5.71. The van der Waals surface area contributed by atoms with Gasteiger partial charge in [-0.25, -0.2) is 4.79 Å². The van der Waals surface area contributed by atoms with E-state index in [1.165, 1.54) is 49.1 Å². The van der Waals surface area contributed by atoms with Crippen molar-refractivity contribution in [3.63, 3.8) is 0 Å². The van der Waals surface area contributed by atoms with Crippen molar-refractivity contribution in [3.8, 4) is 5.75 Å². The van der Waals surface area contributed by atoms with Gasteiger partial charge in [-0.15, -0.1) is 13.2 Å². The van der Waals surface area contributed by atoms with E-state index in [1.807, 2.05) is 0 Å². The van der Waals surface area contributed by atoms with Gasteiger partial charge in [0, 0.05) is 59.1 Å². The number of halogens is 3. The van der Waals surface area contributed by atoms with Gasteiger partial charge in [0.2, 0.25) is 5.91 Å². The monoisotopic (exact) mass is 452 g/mol. The molecule has 1 saturated heterocycles. The molecule has 3 rings (SSSR count). The third kappa shape index (κ3) is 5.88. The number of alkyl halides is 3. The molecule has 0 aliphatic carbocycles. The molecule has 11 heteroatoms. The lowest BCUT2D eigenvalue weighted by molar-refractivity contribution is -0.274. The van der Waals surface area contributed by atoms with E-state index >= 15 is 0 Å². The highest BCUT2D eigenvalue weighted by Crippen LogP contribution is 2.23. The van der Waals surface area contributed by atoms with Gasteiger partial charge in [0.1, 0.15) is 5.75 Å². The van der Waals surface area contributed by atoms with E-state index in [9.17, 15) is 27.6 Å². The van der Waals surface area contributed by atoms with Crippen LogP contribution in [0.5, 0.6) is 5.75 Å². The van der Waals surface area contributed by atoms with Crippen molar-refractivity contribution in [1.82, 2.24) is 18.9 Å². The minimum Gasteiger partial charge on any atom is -0.406 e. The number of amides is 1. The average molecular weight is 452 g/mol. The molecule has 1 aliphatic heterocycles. The lowest BCUT2D eigenvalue weighted by atomic mass is 10.2. The minimum atomic E-state index is -4.72. The summed E-state index contributed by atoms with van der Waals surface area (Å²) in [5.74, 6) is -0.508. The summed E-state index contributed by atoms with van der Waals surface area (Å²) in [6.45, 7) is 2.69. The van der Waals surface area contributed by atoms with Crippen LogP contribution in [0.25, 0.3) is 6.08 Å². The zero-order valence-electron chi connectivity index (χ0n) is 17.6. The van der Waals surface area contributed by atoms with Crippen molar-refractivity contribution < 1.29 is 22.7 Å². The summed E-state index contributed by atoms with van der Waals surface area (Å²) in [7, 11) is 2.90. The predicted molar refractivity (Wildman–Crippen MR) is 111 cm³/mol. The van der Waals surface area contributed by atoms with Crippen LogP contribution in [0.4, 0.5) is 13.2 Å². The Kier molecular flexibility index (Phi) is 6.87. The number of hydrogen-bond donors (Lipinski definition) is 0. The second-order valence-electron chi connectivity index (χ2n) is 7.47. The molecule has 172 valence electrons. The fraction of sp³-hybridized carbons (Fsp3) is 0.381. The van der Waals surface area contributed by atoms with E-state index in [4.69, 9.17) is 0 Å². The smallest absolute Gasteiger partial charge is 0.406 e. The van der Waals surface area contributed by atoms with E-state index < -0.39 is 17.6 Å². The van der Waals surface area contributed by atoms with Gasteiger partial charge in [-0.2, -0.15) is 0 Å². The van der Waals surface area contributed by atoms with Crippen molar-refractivity contribution in [2.45, 2.75) is 12.9 Å². The van der Waals surface area contributed by atoms with Crippen LogP contribution in [0.2, 0.25) is 0 Å². The molecular formula is C21H23F3N4O4. The fourth-order valence-corrected chi connectivity index (χ4v) is 3.40. The Morgan fingerprint density at radius 2 is 1.69 bits per heavy atom. The highest BCUT2D eigenvalue weighted by Gasteiger charge is 2.31. The molecule has 0 N–H and O–H groups in total. The van der Waals surface area contributed by atoms with E-state index in [0.717, 1.165) is 10.1 Å². The SMILES string of the molecule is Cn1cc(/C=C/C(=O)N2CCN(Cc3ccc(OC(F)(F)F)cc3)CC2)c(=O)n(C)c1=O. The van der Waals surface area contributed by atoms with Gasteiger partial charge < -0.3 is 14.2 Å². The van der Waals surface area contributed by atoms with Crippen LogP contribution in [0.3, 0.4) is 0 Å². The molecule has 1 aromatic heterocycles. The van der Waals surface area contributed by atoms with E-state index in [-0.39, 0.29) is 17.2 Å². The van der Waals surface area contributed by atoms with Crippen molar-refractivity contribution >= 4 is 12.0 Å². The maximum atomic E-state index is 12.5. The Morgan fingerprint density at radius 3 is 2.28 bits per heavy atom. The molecule has 2 aromatic rings. The summed E-state index contributed by atoms with van der Waals surface area (Å²) in [4.78, 5) is 40.1. The van der Waals surface area contributed by atoms with Gasteiger partial charge in [-0.1, -0.05) is 12.1 Å². The summed E-state index contributed by atoms with van der Waals surface area (Å²) in [5.41, 5.74) is 0.148. The first-order valence-electron chi connectivity index (χ1n) is 9.84. The van der Waals surface area contributed by atoms with Crippen molar-refractivity contribution in [2.75, 3.05) is 26.2 Å². The lowest BCUT2D eigenvalue weighted by Gasteiger charge is -2.34. The number of piperazine rings is 1. The van der Waals surface area contributed by atoms with Crippen LogP contribution in [0, 0.1) is 0 Å². The average Bonchev–Trinajstić information content (AvgIpc) is 2.74. The number of hydrogen-bond acceptors (Lipinski definition) is 5. The summed E-state index contributed by atoms with van der Waals surface area (Å²) in [6.07, 6.45) is -0.613. The first-order valence-corrected chi connectivity index (χ1v) is 9.84. The second-order valence-corrected chi connectivity index (χ2v) is 7.47. The quantitative estimate of drug-likeness (QED) is 0.640. The Balaban J connectivity index is 1.53. The summed E-state index contributed by atoms with van der Waals surface area (Å²) >= 11 is 0. The normalized spacial score (nSPS) is 15.3. The molecule has 0 unspecified atom stereocenters. The first kappa shape index (κ1) is 23.3. The van der Waals surface area contributed by atoms with E-state index in [2.05, 4.69) is 9.64 Å².